The number of carboxylic acid groups (broad SMARTS) is 1. The van der Waals surface area contributed by atoms with E-state index in [9.17, 15) is 19.1 Å². The summed E-state index contributed by atoms with van der Waals surface area (Å²) >= 11 is 0. The van der Waals surface area contributed by atoms with E-state index in [-0.39, 0.29) is 18.8 Å². The summed E-state index contributed by atoms with van der Waals surface area (Å²) in [5, 5.41) is 18.8. The number of hydrogen-bond acceptors (Lipinski definition) is 4. The fourth-order valence-corrected chi connectivity index (χ4v) is 1.95. The summed E-state index contributed by atoms with van der Waals surface area (Å²) < 4.78 is 14.8. The molecule has 1 heterocycles. The summed E-state index contributed by atoms with van der Waals surface area (Å²) in [6.45, 7) is 0.113. The van der Waals surface area contributed by atoms with Gasteiger partial charge in [-0.3, -0.25) is 9.48 Å². The van der Waals surface area contributed by atoms with Crippen molar-refractivity contribution in [2.45, 2.75) is 0 Å². The third-order valence-corrected chi connectivity index (χ3v) is 2.86. The number of amides is 2. The van der Waals surface area contributed by atoms with E-state index < -0.39 is 17.8 Å². The predicted octanol–water partition coefficient (Wildman–Crippen LogP) is -0.111. The first-order chi connectivity index (χ1) is 10.5. The molecule has 0 aliphatic carbocycles. The van der Waals surface area contributed by atoms with Crippen LogP contribution < -0.4 is 15.7 Å². The van der Waals surface area contributed by atoms with Gasteiger partial charge in [0, 0.05) is 31.9 Å². The van der Waals surface area contributed by atoms with Gasteiger partial charge in [-0.2, -0.15) is 5.10 Å². The van der Waals surface area contributed by atoms with Crippen LogP contribution in [0.5, 0.6) is 0 Å². The highest BCUT2D eigenvalue weighted by Gasteiger charge is 2.17. The lowest BCUT2D eigenvalue weighted by Crippen LogP contribution is -2.41. The van der Waals surface area contributed by atoms with E-state index in [1.54, 1.807) is 25.4 Å². The zero-order valence-corrected chi connectivity index (χ0v) is 11.8. The summed E-state index contributed by atoms with van der Waals surface area (Å²) in [5.41, 5.74) is 1.17. The van der Waals surface area contributed by atoms with Gasteiger partial charge in [0.2, 0.25) is 0 Å². The number of aromatic nitrogens is 2. The number of halogens is 1. The van der Waals surface area contributed by atoms with Gasteiger partial charge in [-0.1, -0.05) is 12.1 Å². The minimum Gasteiger partial charge on any atom is -0.530 e. The van der Waals surface area contributed by atoms with Crippen molar-refractivity contribution in [3.8, 4) is 11.1 Å². The highest BCUT2D eigenvalue weighted by atomic mass is 19.1. The maximum absolute atomic E-state index is 13.3. The standard InChI is InChI=1S/C14H15FN4O3/c1-19-8-11(9-3-2-4-10(15)7-9)12(18-19)13(20)16-5-6-17-14(21)22/h2-4,7-8,17H,5-6H2,1H3,(H,16,20)(H,21,22)/p-1. The Labute approximate surface area is 125 Å². The number of carbonyl (C=O) groups is 2. The minimum atomic E-state index is -1.41. The van der Waals surface area contributed by atoms with Gasteiger partial charge in [-0.05, 0) is 17.7 Å². The molecule has 8 heteroatoms. The summed E-state index contributed by atoms with van der Waals surface area (Å²) in [4.78, 5) is 22.3. The maximum Gasteiger partial charge on any atom is 0.272 e. The average Bonchev–Trinajstić information content (AvgIpc) is 2.85. The highest BCUT2D eigenvalue weighted by molar-refractivity contribution is 5.98. The second kappa shape index (κ2) is 6.70. The number of rotatable bonds is 5. The molecule has 0 spiro atoms. The molecule has 22 heavy (non-hydrogen) atoms. The Bertz CT molecular complexity index is 699. The van der Waals surface area contributed by atoms with Gasteiger partial charge in [0.15, 0.2) is 5.69 Å². The molecule has 2 amide bonds. The largest absolute Gasteiger partial charge is 0.530 e. The summed E-state index contributed by atoms with van der Waals surface area (Å²) in [6, 6.07) is 5.84. The number of aryl methyl sites for hydroxylation is 1. The van der Waals surface area contributed by atoms with Gasteiger partial charge in [-0.25, -0.2) is 4.39 Å². The van der Waals surface area contributed by atoms with Gasteiger partial charge in [0.1, 0.15) is 11.9 Å². The van der Waals surface area contributed by atoms with E-state index in [2.05, 4.69) is 10.4 Å². The molecule has 0 saturated heterocycles. The number of nitrogens with zero attached hydrogens (tertiary/aromatic N) is 2. The van der Waals surface area contributed by atoms with Crippen molar-refractivity contribution in [1.82, 2.24) is 20.4 Å². The molecule has 0 aliphatic heterocycles. The second-order valence-electron chi connectivity index (χ2n) is 4.55. The van der Waals surface area contributed by atoms with Crippen LogP contribution in [0.2, 0.25) is 0 Å². The maximum atomic E-state index is 13.3. The zero-order valence-electron chi connectivity index (χ0n) is 11.8. The third-order valence-electron chi connectivity index (χ3n) is 2.86. The molecule has 0 atom stereocenters. The van der Waals surface area contributed by atoms with Crippen molar-refractivity contribution in [1.29, 1.82) is 0 Å². The van der Waals surface area contributed by atoms with Gasteiger partial charge >= 0.3 is 0 Å². The van der Waals surface area contributed by atoms with Crippen molar-refractivity contribution in [3.05, 3.63) is 42.0 Å². The van der Waals surface area contributed by atoms with Crippen LogP contribution in [0.4, 0.5) is 9.18 Å². The van der Waals surface area contributed by atoms with E-state index in [0.29, 0.717) is 11.1 Å². The van der Waals surface area contributed by atoms with Crippen LogP contribution >= 0.6 is 0 Å². The van der Waals surface area contributed by atoms with E-state index >= 15 is 0 Å². The molecule has 2 N–H and O–H groups in total. The number of benzene rings is 1. The first kappa shape index (κ1) is 15.5. The second-order valence-corrected chi connectivity index (χ2v) is 4.55. The molecule has 1 aromatic heterocycles. The lowest BCUT2D eigenvalue weighted by Gasteiger charge is -2.08. The molecule has 0 bridgehead atoms. The number of nitrogens with one attached hydrogen (secondary N) is 2. The smallest absolute Gasteiger partial charge is 0.272 e. The Balaban J connectivity index is 2.14. The normalized spacial score (nSPS) is 10.3. The quantitative estimate of drug-likeness (QED) is 0.753. The molecule has 0 radical (unpaired) electrons. The van der Waals surface area contributed by atoms with Crippen molar-refractivity contribution < 1.29 is 19.1 Å². The molecule has 0 fully saturated rings. The van der Waals surface area contributed by atoms with Crippen LogP contribution in [-0.2, 0) is 7.05 Å². The Hall–Kier alpha value is -2.90. The topological polar surface area (TPSA) is 99.1 Å². The molecule has 116 valence electrons. The summed E-state index contributed by atoms with van der Waals surface area (Å²) in [6.07, 6.45) is 0.205. The summed E-state index contributed by atoms with van der Waals surface area (Å²) in [7, 11) is 1.65. The molecule has 0 unspecified atom stereocenters. The van der Waals surface area contributed by atoms with Crippen molar-refractivity contribution >= 4 is 12.0 Å². The third kappa shape index (κ3) is 3.81. The molecule has 2 rings (SSSR count). The molecular formula is C14H14FN4O3-. The van der Waals surface area contributed by atoms with Crippen LogP contribution in [0.1, 0.15) is 10.5 Å². The number of carbonyl (C=O) groups excluding carboxylic acids is 2. The van der Waals surface area contributed by atoms with E-state index in [1.807, 2.05) is 5.32 Å². The Morgan fingerprint density at radius 2 is 2.05 bits per heavy atom. The first-order valence-corrected chi connectivity index (χ1v) is 6.50. The van der Waals surface area contributed by atoms with Crippen molar-refractivity contribution in [3.63, 3.8) is 0 Å². The SMILES string of the molecule is Cn1cc(-c2cccc(F)c2)c(C(=O)NCCNC(=O)[O-])n1. The molecule has 0 aliphatic rings. The Kier molecular flexibility index (Phi) is 4.72. The molecule has 2 aromatic rings. The van der Waals surface area contributed by atoms with Gasteiger partial charge in [0.25, 0.3) is 5.91 Å². The number of hydrogen-bond donors (Lipinski definition) is 2. The molecule has 7 nitrogen and oxygen atoms in total. The highest BCUT2D eigenvalue weighted by Crippen LogP contribution is 2.23. The molecule has 1 aromatic carbocycles. The van der Waals surface area contributed by atoms with E-state index in [4.69, 9.17) is 0 Å². The van der Waals surface area contributed by atoms with Crippen LogP contribution in [0, 0.1) is 5.82 Å². The van der Waals surface area contributed by atoms with Crippen LogP contribution in [0.15, 0.2) is 30.5 Å². The van der Waals surface area contributed by atoms with Crippen molar-refractivity contribution in [2.24, 2.45) is 7.05 Å². The average molecular weight is 305 g/mol. The lowest BCUT2D eigenvalue weighted by molar-refractivity contribution is -0.250. The Morgan fingerprint density at radius 1 is 1.32 bits per heavy atom. The van der Waals surface area contributed by atoms with E-state index in [0.717, 1.165) is 0 Å². The monoisotopic (exact) mass is 305 g/mol. The first-order valence-electron chi connectivity index (χ1n) is 6.50. The zero-order chi connectivity index (χ0) is 16.1. The van der Waals surface area contributed by atoms with Crippen LogP contribution in [-0.4, -0.2) is 34.9 Å². The minimum absolute atomic E-state index is 0.0240. The van der Waals surface area contributed by atoms with Gasteiger partial charge < -0.3 is 20.5 Å². The predicted molar refractivity (Wildman–Crippen MR) is 74.3 cm³/mol. The van der Waals surface area contributed by atoms with Crippen molar-refractivity contribution in [2.75, 3.05) is 13.1 Å². The van der Waals surface area contributed by atoms with Crippen LogP contribution in [0.3, 0.4) is 0 Å². The van der Waals surface area contributed by atoms with E-state index in [1.165, 1.54) is 16.8 Å². The fourth-order valence-electron chi connectivity index (χ4n) is 1.95. The summed E-state index contributed by atoms with van der Waals surface area (Å²) in [5.74, 6) is -0.883. The molecule has 0 saturated carbocycles. The Morgan fingerprint density at radius 3 is 2.73 bits per heavy atom. The molecular weight excluding hydrogens is 291 g/mol. The lowest BCUT2D eigenvalue weighted by atomic mass is 10.1. The fraction of sp³-hybridized carbons (Fsp3) is 0.214. The van der Waals surface area contributed by atoms with Crippen LogP contribution in [0.25, 0.3) is 11.1 Å². The van der Waals surface area contributed by atoms with Gasteiger partial charge in [-0.15, -0.1) is 0 Å². The van der Waals surface area contributed by atoms with Gasteiger partial charge in [0.05, 0.1) is 0 Å².